The first-order chi connectivity index (χ1) is 19.4. The summed E-state index contributed by atoms with van der Waals surface area (Å²) in [5.41, 5.74) is 4.38. The van der Waals surface area contributed by atoms with Crippen LogP contribution in [0, 0.1) is 5.41 Å². The number of aromatic nitrogens is 4. The smallest absolute Gasteiger partial charge is 0.406 e. The minimum Gasteiger partial charge on any atom is -0.462 e. The number of nitrogens with zero attached hydrogens (tertiary/aromatic N) is 3. The number of hydrogen-bond acceptors (Lipinski definition) is 13. The summed E-state index contributed by atoms with van der Waals surface area (Å²) in [6, 6.07) is -1.11. The van der Waals surface area contributed by atoms with Crippen LogP contribution in [0.3, 0.4) is 0 Å². The van der Waals surface area contributed by atoms with Crippen molar-refractivity contribution in [2.75, 3.05) is 24.7 Å². The third-order valence-electron chi connectivity index (χ3n) is 5.74. The molecule has 0 spiro atoms. The average Bonchev–Trinajstić information content (AvgIpc) is 3.37. The number of carbonyl (C=O) groups excluding carboxylic acids is 2. The van der Waals surface area contributed by atoms with Crippen molar-refractivity contribution < 1.29 is 37.8 Å². The van der Waals surface area contributed by atoms with Crippen molar-refractivity contribution in [1.82, 2.24) is 24.6 Å². The van der Waals surface area contributed by atoms with Crippen molar-refractivity contribution in [1.29, 1.82) is 0 Å². The number of halogens is 2. The zero-order valence-corrected chi connectivity index (χ0v) is 27.1. The van der Waals surface area contributed by atoms with Gasteiger partial charge in [-0.05, 0) is 20.8 Å². The van der Waals surface area contributed by atoms with Crippen molar-refractivity contribution >= 4 is 70.9 Å². The predicted molar refractivity (Wildman–Crippen MR) is 157 cm³/mol. The largest absolute Gasteiger partial charge is 0.462 e. The van der Waals surface area contributed by atoms with Gasteiger partial charge in [0.15, 0.2) is 26.8 Å². The van der Waals surface area contributed by atoms with E-state index in [1.165, 1.54) is 17.8 Å². The average molecular weight is 674 g/mol. The van der Waals surface area contributed by atoms with Gasteiger partial charge >= 0.3 is 13.7 Å². The van der Waals surface area contributed by atoms with Crippen LogP contribution in [0.25, 0.3) is 11.2 Å². The van der Waals surface area contributed by atoms with Crippen LogP contribution in [0.15, 0.2) is 11.1 Å². The van der Waals surface area contributed by atoms with Gasteiger partial charge in [0.25, 0.3) is 5.56 Å². The summed E-state index contributed by atoms with van der Waals surface area (Å²) in [4.78, 5) is 47.1. The number of ether oxygens (including phenoxy) is 2. The number of aliphatic hydroxyl groups excluding tert-OH is 1. The number of nitrogens with one attached hydrogen (secondary N) is 2. The second-order valence-corrected chi connectivity index (χ2v) is 15.1. The molecule has 42 heavy (non-hydrogen) atoms. The molecule has 0 saturated carbocycles. The number of aliphatic hydroxyl groups is 1. The topological polar surface area (TPSA) is 210 Å². The number of fused-ring (bicyclic) bond motifs is 1. The number of nitrogen functional groups attached to an aromatic ring is 1. The number of aromatic amines is 1. The number of imidazole rings is 1. The summed E-state index contributed by atoms with van der Waals surface area (Å²) in [6.45, 7) is 9.28. The molecule has 19 heteroatoms. The molecule has 3 heterocycles. The first-order valence-electron chi connectivity index (χ1n) is 12.8. The summed E-state index contributed by atoms with van der Waals surface area (Å²) in [5.74, 6) is -0.754. The van der Waals surface area contributed by atoms with Crippen LogP contribution in [0.1, 0.15) is 47.8 Å². The molecular formula is C23H35Cl2N6O9PS. The van der Waals surface area contributed by atoms with Gasteiger partial charge in [-0.25, -0.2) is 14.6 Å². The van der Waals surface area contributed by atoms with Gasteiger partial charge in [0.1, 0.15) is 18.2 Å². The van der Waals surface area contributed by atoms with Crippen LogP contribution in [0.4, 0.5) is 5.95 Å². The monoisotopic (exact) mass is 672 g/mol. The number of hydrogen-bond donors (Lipinski definition) is 4. The Morgan fingerprint density at radius 3 is 2.62 bits per heavy atom. The van der Waals surface area contributed by atoms with Crippen LogP contribution >= 0.6 is 42.7 Å². The molecule has 5 N–H and O–H groups in total. The number of H-pyrrole nitrogens is 1. The van der Waals surface area contributed by atoms with Crippen molar-refractivity contribution in [3.05, 3.63) is 16.7 Å². The van der Waals surface area contributed by atoms with E-state index in [-0.39, 0.29) is 34.6 Å². The van der Waals surface area contributed by atoms with E-state index < -0.39 is 66.2 Å². The molecule has 3 rings (SSSR count). The quantitative estimate of drug-likeness (QED) is 0.110. The van der Waals surface area contributed by atoms with Crippen LogP contribution in [-0.2, 0) is 32.7 Å². The Balaban J connectivity index is 1.77. The summed E-state index contributed by atoms with van der Waals surface area (Å²) in [7, 11) is -4.27. The molecule has 0 unspecified atom stereocenters. The number of carbonyl (C=O) groups is 2. The van der Waals surface area contributed by atoms with Crippen LogP contribution in [-0.4, -0.2) is 83.4 Å². The Kier molecular flexibility index (Phi) is 11.2. The number of alkyl halides is 2. The zero-order chi connectivity index (χ0) is 31.6. The first kappa shape index (κ1) is 34.7. The maximum atomic E-state index is 13.7. The van der Waals surface area contributed by atoms with Crippen LogP contribution in [0.5, 0.6) is 0 Å². The zero-order valence-electron chi connectivity index (χ0n) is 23.8. The van der Waals surface area contributed by atoms with E-state index in [0.717, 1.165) is 11.8 Å². The lowest BCUT2D eigenvalue weighted by atomic mass is 10.00. The van der Waals surface area contributed by atoms with Crippen molar-refractivity contribution in [2.24, 2.45) is 5.41 Å². The third kappa shape index (κ3) is 8.24. The van der Waals surface area contributed by atoms with Gasteiger partial charge in [0.05, 0.1) is 25.6 Å². The first-order valence-corrected chi connectivity index (χ1v) is 16.1. The highest BCUT2D eigenvalue weighted by molar-refractivity contribution is 8.13. The number of nitrogens with two attached hydrogens (primary N) is 1. The number of esters is 1. The highest BCUT2D eigenvalue weighted by Crippen LogP contribution is 2.50. The Labute approximate surface area is 256 Å². The van der Waals surface area contributed by atoms with Crippen molar-refractivity contribution in [3.8, 4) is 0 Å². The fourth-order valence-corrected chi connectivity index (χ4v) is 6.62. The van der Waals surface area contributed by atoms with E-state index in [9.17, 15) is 24.1 Å². The summed E-state index contributed by atoms with van der Waals surface area (Å²) < 4.78 is 35.0. The van der Waals surface area contributed by atoms with Gasteiger partial charge in [-0.3, -0.25) is 33.0 Å². The maximum Gasteiger partial charge on any atom is 0.406 e. The third-order valence-corrected chi connectivity index (χ3v) is 9.52. The predicted octanol–water partition coefficient (Wildman–Crippen LogP) is 2.51. The molecule has 2 aromatic heterocycles. The highest BCUT2D eigenvalue weighted by atomic mass is 35.5. The number of rotatable bonds is 12. The number of anilines is 1. The Hall–Kier alpha value is -1.75. The fourth-order valence-electron chi connectivity index (χ4n) is 3.64. The molecule has 15 nitrogen and oxygen atoms in total. The maximum absolute atomic E-state index is 13.7. The van der Waals surface area contributed by atoms with Crippen molar-refractivity contribution in [2.45, 2.75) is 76.5 Å². The second kappa shape index (κ2) is 13.5. The van der Waals surface area contributed by atoms with E-state index >= 15 is 0 Å². The molecule has 0 aliphatic carbocycles. The van der Waals surface area contributed by atoms with E-state index in [1.54, 1.807) is 34.6 Å². The lowest BCUT2D eigenvalue weighted by Crippen LogP contribution is -2.39. The van der Waals surface area contributed by atoms with Crippen molar-refractivity contribution in [3.63, 3.8) is 0 Å². The molecule has 1 aliphatic rings. The summed E-state index contributed by atoms with van der Waals surface area (Å²) >= 11 is 13.9. The molecule has 0 radical (unpaired) electrons. The lowest BCUT2D eigenvalue weighted by Gasteiger charge is -2.25. The minimum absolute atomic E-state index is 0.00356. The minimum atomic E-state index is -4.27. The fraction of sp³-hybridized carbons (Fsp3) is 0.696. The van der Waals surface area contributed by atoms with E-state index in [0.29, 0.717) is 0 Å². The molecule has 5 atom stereocenters. The molecule has 0 amide bonds. The Morgan fingerprint density at radius 1 is 1.33 bits per heavy atom. The molecule has 2 aromatic rings. The molecule has 1 saturated heterocycles. The molecule has 0 aromatic carbocycles. The highest BCUT2D eigenvalue weighted by Gasteiger charge is 2.56. The normalized spacial score (nSPS) is 22.8. The summed E-state index contributed by atoms with van der Waals surface area (Å²) in [5, 5.41) is 13.3. The van der Waals surface area contributed by atoms with Gasteiger partial charge in [0.2, 0.25) is 5.95 Å². The standard InChI is InChI=1S/C23H35Cl2N6O9PS/c1-11(2)39-18(34)12(3)30-41(36,37-7-8-42-20(35)22(4,5)6)38-9-13-15(32)23(24,25)19(40-13)31-10-27-14-16(31)28-21(26)29-17(14)33/h10-13,15,19,32H,7-9H2,1-6H3,(H,30,36)(H3,26,28,29,33)/t12-,13+,15+,19+,41-/m0/s1. The van der Waals surface area contributed by atoms with E-state index in [1.807, 2.05) is 0 Å². The SMILES string of the molecule is CC(C)OC(=O)[C@H](C)N[P@](=O)(OCCSC(=O)C(C)(C)C)OC[C@H]1O[C@@H](n2cnc3c(=O)[nH]c(N)nc32)C(Cl)(Cl)[C@@H]1O. The van der Waals surface area contributed by atoms with Gasteiger partial charge in [0, 0.05) is 11.2 Å². The van der Waals surface area contributed by atoms with Gasteiger partial charge in [-0.2, -0.15) is 4.98 Å². The Morgan fingerprint density at radius 2 is 2.00 bits per heavy atom. The molecule has 236 valence electrons. The van der Waals surface area contributed by atoms with Gasteiger partial charge in [-0.15, -0.1) is 0 Å². The molecule has 0 bridgehead atoms. The Bertz CT molecular complexity index is 1400. The number of thioether (sulfide) groups is 1. The molecule has 1 aliphatic heterocycles. The van der Waals surface area contributed by atoms with E-state index in [2.05, 4.69) is 20.0 Å². The van der Waals surface area contributed by atoms with Crippen LogP contribution in [0.2, 0.25) is 0 Å². The lowest BCUT2D eigenvalue weighted by molar-refractivity contribution is -0.149. The van der Waals surface area contributed by atoms with Crippen LogP contribution < -0.4 is 16.4 Å². The molecular weight excluding hydrogens is 638 g/mol. The molecule has 1 fully saturated rings. The van der Waals surface area contributed by atoms with Gasteiger partial charge < -0.3 is 20.3 Å². The summed E-state index contributed by atoms with van der Waals surface area (Å²) in [6.07, 6.45) is -3.42. The van der Waals surface area contributed by atoms with Gasteiger partial charge in [-0.1, -0.05) is 55.7 Å². The second-order valence-electron chi connectivity index (χ2n) is 10.8. The van der Waals surface area contributed by atoms with E-state index in [4.69, 9.17) is 47.5 Å².